The Kier molecular flexibility index (Phi) is 3.50. The third-order valence-electron chi connectivity index (χ3n) is 3.21. The molecular weight excluding hydrogens is 232 g/mol. The highest BCUT2D eigenvalue weighted by Crippen LogP contribution is 2.22. The van der Waals surface area contributed by atoms with Crippen molar-refractivity contribution in [1.29, 1.82) is 0 Å². The molecule has 0 aliphatic carbocycles. The van der Waals surface area contributed by atoms with Crippen molar-refractivity contribution in [3.05, 3.63) is 29.8 Å². The van der Waals surface area contributed by atoms with Crippen LogP contribution in [0.15, 0.2) is 24.3 Å². The Morgan fingerprint density at radius 2 is 2.11 bits per heavy atom. The van der Waals surface area contributed by atoms with Crippen LogP contribution in [0.1, 0.15) is 12.0 Å². The Bertz CT molecular complexity index is 455. The molecule has 0 unspecified atom stereocenters. The molecule has 1 atom stereocenters. The molecule has 0 bridgehead atoms. The molecule has 1 amide bonds. The lowest BCUT2D eigenvalue weighted by molar-refractivity contribution is -0.145. The molecule has 3 N–H and O–H groups in total. The molecule has 0 spiro atoms. The molecule has 5 heteroatoms. The summed E-state index contributed by atoms with van der Waals surface area (Å²) in [6.45, 7) is 2.06. The third-order valence-corrected chi connectivity index (χ3v) is 3.21. The van der Waals surface area contributed by atoms with Gasteiger partial charge in [0.1, 0.15) is 5.92 Å². The summed E-state index contributed by atoms with van der Waals surface area (Å²) in [6, 6.07) is 7.62. The number of nitrogens with zero attached hydrogens (tertiary/aromatic N) is 1. The van der Waals surface area contributed by atoms with Crippen LogP contribution < -0.4 is 10.6 Å². The molecule has 96 valence electrons. The number of benzene rings is 1. The SMILES string of the molecule is NC(=O)[C@@H](Cc1cccc(N2CCC2)c1)C(=O)O. The minimum atomic E-state index is -1.17. The van der Waals surface area contributed by atoms with Gasteiger partial charge in [-0.15, -0.1) is 0 Å². The first kappa shape index (κ1) is 12.4. The van der Waals surface area contributed by atoms with Crippen LogP contribution in [0.3, 0.4) is 0 Å². The van der Waals surface area contributed by atoms with Crippen molar-refractivity contribution in [3.63, 3.8) is 0 Å². The molecule has 0 saturated carbocycles. The van der Waals surface area contributed by atoms with Crippen LogP contribution in [0.4, 0.5) is 5.69 Å². The summed E-state index contributed by atoms with van der Waals surface area (Å²) in [7, 11) is 0. The van der Waals surface area contributed by atoms with E-state index in [1.54, 1.807) is 0 Å². The number of primary amides is 1. The number of nitrogens with two attached hydrogens (primary N) is 1. The van der Waals surface area contributed by atoms with Crippen LogP contribution in [-0.4, -0.2) is 30.1 Å². The molecule has 1 aromatic carbocycles. The molecule has 1 fully saturated rings. The van der Waals surface area contributed by atoms with E-state index >= 15 is 0 Å². The van der Waals surface area contributed by atoms with Gasteiger partial charge in [0.15, 0.2) is 0 Å². The first-order valence-electron chi connectivity index (χ1n) is 5.94. The summed E-state index contributed by atoms with van der Waals surface area (Å²) >= 11 is 0. The lowest BCUT2D eigenvalue weighted by Crippen LogP contribution is -2.37. The maximum Gasteiger partial charge on any atom is 0.316 e. The Hall–Kier alpha value is -2.04. The molecule has 0 aromatic heterocycles. The van der Waals surface area contributed by atoms with Gasteiger partial charge in [-0.05, 0) is 30.5 Å². The number of carbonyl (C=O) groups is 2. The van der Waals surface area contributed by atoms with Crippen LogP contribution in [0.2, 0.25) is 0 Å². The Morgan fingerprint density at radius 1 is 1.39 bits per heavy atom. The van der Waals surface area contributed by atoms with Gasteiger partial charge in [-0.1, -0.05) is 12.1 Å². The van der Waals surface area contributed by atoms with E-state index in [-0.39, 0.29) is 6.42 Å². The Balaban J connectivity index is 2.12. The van der Waals surface area contributed by atoms with E-state index in [9.17, 15) is 9.59 Å². The highest BCUT2D eigenvalue weighted by molar-refractivity contribution is 5.96. The zero-order valence-corrected chi connectivity index (χ0v) is 10.0. The number of carbonyl (C=O) groups excluding carboxylic acids is 1. The van der Waals surface area contributed by atoms with Crippen molar-refractivity contribution in [2.75, 3.05) is 18.0 Å². The van der Waals surface area contributed by atoms with E-state index < -0.39 is 17.8 Å². The molecule has 1 aromatic rings. The molecule has 2 rings (SSSR count). The summed E-state index contributed by atoms with van der Waals surface area (Å²) in [5.74, 6) is -3.12. The predicted octanol–water partition coefficient (Wildman–Crippen LogP) is 0.625. The number of carboxylic acids is 1. The monoisotopic (exact) mass is 248 g/mol. The average molecular weight is 248 g/mol. The summed E-state index contributed by atoms with van der Waals surface area (Å²) in [6.07, 6.45) is 1.33. The van der Waals surface area contributed by atoms with Gasteiger partial charge in [-0.25, -0.2) is 0 Å². The van der Waals surface area contributed by atoms with E-state index in [4.69, 9.17) is 10.8 Å². The number of hydrogen-bond acceptors (Lipinski definition) is 3. The standard InChI is InChI=1S/C13H16N2O3/c14-12(16)11(13(17)18)8-9-3-1-4-10(7-9)15-5-2-6-15/h1,3-4,7,11H,2,5-6,8H2,(H2,14,16)(H,17,18)/t11-/m1/s1. The van der Waals surface area contributed by atoms with Crippen molar-refractivity contribution in [1.82, 2.24) is 0 Å². The number of rotatable bonds is 5. The summed E-state index contributed by atoms with van der Waals surface area (Å²) in [5, 5.41) is 8.93. The molecule has 1 aliphatic rings. The highest BCUT2D eigenvalue weighted by atomic mass is 16.4. The quantitative estimate of drug-likeness (QED) is 0.748. The first-order chi connectivity index (χ1) is 8.58. The zero-order valence-electron chi connectivity index (χ0n) is 10.0. The fourth-order valence-corrected chi connectivity index (χ4v) is 2.00. The largest absolute Gasteiger partial charge is 0.481 e. The smallest absolute Gasteiger partial charge is 0.316 e. The molecule has 1 heterocycles. The average Bonchev–Trinajstić information content (AvgIpc) is 2.23. The number of carboxylic acid groups (broad SMARTS) is 1. The lowest BCUT2D eigenvalue weighted by Gasteiger charge is -2.33. The van der Waals surface area contributed by atoms with Gasteiger partial charge < -0.3 is 15.7 Å². The highest BCUT2D eigenvalue weighted by Gasteiger charge is 2.24. The zero-order chi connectivity index (χ0) is 13.1. The Morgan fingerprint density at radius 3 is 2.61 bits per heavy atom. The van der Waals surface area contributed by atoms with E-state index in [1.165, 1.54) is 6.42 Å². The maximum atomic E-state index is 11.1. The fourth-order valence-electron chi connectivity index (χ4n) is 2.00. The number of amides is 1. The van der Waals surface area contributed by atoms with Crippen molar-refractivity contribution < 1.29 is 14.7 Å². The van der Waals surface area contributed by atoms with E-state index in [0.29, 0.717) is 0 Å². The number of anilines is 1. The number of hydrogen-bond donors (Lipinski definition) is 2. The summed E-state index contributed by atoms with van der Waals surface area (Å²) in [4.78, 5) is 24.2. The van der Waals surface area contributed by atoms with Gasteiger partial charge in [-0.2, -0.15) is 0 Å². The molecule has 1 saturated heterocycles. The normalized spacial score (nSPS) is 15.9. The van der Waals surface area contributed by atoms with Gasteiger partial charge in [-0.3, -0.25) is 9.59 Å². The lowest BCUT2D eigenvalue weighted by atomic mass is 9.98. The predicted molar refractivity (Wildman–Crippen MR) is 67.3 cm³/mol. The van der Waals surface area contributed by atoms with E-state index in [1.807, 2.05) is 24.3 Å². The second kappa shape index (κ2) is 5.08. The van der Waals surface area contributed by atoms with Gasteiger partial charge >= 0.3 is 5.97 Å². The van der Waals surface area contributed by atoms with Gasteiger partial charge in [0, 0.05) is 18.8 Å². The molecular formula is C13H16N2O3. The first-order valence-corrected chi connectivity index (χ1v) is 5.94. The maximum absolute atomic E-state index is 11.1. The van der Waals surface area contributed by atoms with Crippen molar-refractivity contribution in [2.45, 2.75) is 12.8 Å². The number of aliphatic carboxylic acids is 1. The summed E-state index contributed by atoms with van der Waals surface area (Å²) < 4.78 is 0. The van der Waals surface area contributed by atoms with Gasteiger partial charge in [0.2, 0.25) is 5.91 Å². The topological polar surface area (TPSA) is 83.6 Å². The van der Waals surface area contributed by atoms with Crippen molar-refractivity contribution >= 4 is 17.6 Å². The molecule has 5 nitrogen and oxygen atoms in total. The van der Waals surface area contributed by atoms with Crippen LogP contribution in [0, 0.1) is 5.92 Å². The van der Waals surface area contributed by atoms with Crippen LogP contribution in [0.25, 0.3) is 0 Å². The minimum Gasteiger partial charge on any atom is -0.481 e. The van der Waals surface area contributed by atoms with Crippen molar-refractivity contribution in [2.24, 2.45) is 11.7 Å². The molecule has 18 heavy (non-hydrogen) atoms. The second-order valence-electron chi connectivity index (χ2n) is 4.51. The Labute approximate surface area is 105 Å². The third kappa shape index (κ3) is 2.61. The molecule has 1 aliphatic heterocycles. The summed E-state index contributed by atoms with van der Waals surface area (Å²) in [5.41, 5.74) is 6.99. The van der Waals surface area contributed by atoms with Crippen LogP contribution in [0.5, 0.6) is 0 Å². The second-order valence-corrected chi connectivity index (χ2v) is 4.51. The van der Waals surface area contributed by atoms with Crippen LogP contribution >= 0.6 is 0 Å². The fraction of sp³-hybridized carbons (Fsp3) is 0.385. The van der Waals surface area contributed by atoms with Gasteiger partial charge in [0.05, 0.1) is 0 Å². The van der Waals surface area contributed by atoms with E-state index in [2.05, 4.69) is 4.90 Å². The van der Waals surface area contributed by atoms with Gasteiger partial charge in [0.25, 0.3) is 0 Å². The van der Waals surface area contributed by atoms with E-state index in [0.717, 1.165) is 24.3 Å². The molecule has 0 radical (unpaired) electrons. The van der Waals surface area contributed by atoms with Crippen molar-refractivity contribution in [3.8, 4) is 0 Å². The minimum absolute atomic E-state index is 0.145. The van der Waals surface area contributed by atoms with Crippen LogP contribution in [-0.2, 0) is 16.0 Å².